The minimum absolute atomic E-state index is 0.275. The van der Waals surface area contributed by atoms with Crippen molar-refractivity contribution in [1.29, 1.82) is 0 Å². The molecule has 0 saturated carbocycles. The molecular formula is C5H10O4. The van der Waals surface area contributed by atoms with Crippen molar-refractivity contribution in [2.75, 3.05) is 19.8 Å². The van der Waals surface area contributed by atoms with Gasteiger partial charge in [-0.05, 0) is 0 Å². The number of rotatable bonds is 1. The van der Waals surface area contributed by atoms with Crippen LogP contribution in [0.2, 0.25) is 0 Å². The second-order valence-electron chi connectivity index (χ2n) is 1.90. The maximum absolute atomic E-state index is 8.53. The molecule has 1 rings (SSSR count). The van der Waals surface area contributed by atoms with Gasteiger partial charge in [0.2, 0.25) is 0 Å². The Morgan fingerprint density at radius 2 is 2.11 bits per heavy atom. The first-order valence-corrected chi connectivity index (χ1v) is 2.86. The van der Waals surface area contributed by atoms with Crippen molar-refractivity contribution in [3.8, 4) is 0 Å². The van der Waals surface area contributed by atoms with Gasteiger partial charge in [-0.3, -0.25) is 0 Å². The molecule has 1 atom stereocenters. The Balaban J connectivity index is 2.23. The third-order valence-corrected chi connectivity index (χ3v) is 1.17. The fourth-order valence-electron chi connectivity index (χ4n) is 0.678. The third-order valence-electron chi connectivity index (χ3n) is 1.17. The fourth-order valence-corrected chi connectivity index (χ4v) is 0.678. The molecule has 2 N–H and O–H groups in total. The van der Waals surface area contributed by atoms with Crippen LogP contribution in [0.15, 0.2) is 0 Å². The van der Waals surface area contributed by atoms with E-state index in [4.69, 9.17) is 19.7 Å². The molecule has 0 aromatic heterocycles. The summed E-state index contributed by atoms with van der Waals surface area (Å²) in [6.45, 7) is 1.27. The Morgan fingerprint density at radius 1 is 1.33 bits per heavy atom. The fraction of sp³-hybridized carbons (Fsp3) is 1.00. The van der Waals surface area contributed by atoms with Crippen molar-refractivity contribution in [3.63, 3.8) is 0 Å². The number of aliphatic hydroxyl groups is 2. The zero-order chi connectivity index (χ0) is 6.69. The molecule has 0 aromatic rings. The van der Waals surface area contributed by atoms with Gasteiger partial charge in [0.1, 0.15) is 6.10 Å². The Labute approximate surface area is 53.0 Å². The quantitative estimate of drug-likeness (QED) is 0.438. The first kappa shape index (κ1) is 6.95. The molecule has 1 saturated heterocycles. The van der Waals surface area contributed by atoms with E-state index in [1.807, 2.05) is 0 Å². The highest BCUT2D eigenvalue weighted by Gasteiger charge is 2.20. The molecule has 0 bridgehead atoms. The molecule has 0 aliphatic carbocycles. The number of hydrogen-bond donors (Lipinski definition) is 2. The Kier molecular flexibility index (Phi) is 2.41. The number of hydrogen-bond acceptors (Lipinski definition) is 4. The smallest absolute Gasteiger partial charge is 0.180 e. The molecule has 1 fully saturated rings. The number of ether oxygens (including phenoxy) is 2. The summed E-state index contributed by atoms with van der Waals surface area (Å²) < 4.78 is 9.81. The monoisotopic (exact) mass is 134 g/mol. The molecule has 1 aliphatic rings. The van der Waals surface area contributed by atoms with Gasteiger partial charge >= 0.3 is 0 Å². The highest BCUT2D eigenvalue weighted by atomic mass is 16.6. The van der Waals surface area contributed by atoms with Crippen LogP contribution < -0.4 is 0 Å². The first-order chi connectivity index (χ1) is 4.30. The summed E-state index contributed by atoms with van der Waals surface area (Å²) in [5.41, 5.74) is 0. The minimum atomic E-state index is -1.41. The maximum atomic E-state index is 8.53. The molecule has 0 aromatic carbocycles. The van der Waals surface area contributed by atoms with E-state index in [9.17, 15) is 0 Å². The van der Waals surface area contributed by atoms with E-state index in [-0.39, 0.29) is 6.61 Å². The summed E-state index contributed by atoms with van der Waals surface area (Å²) in [5, 5.41) is 17.1. The normalized spacial score (nSPS) is 29.0. The number of aliphatic hydroxyl groups excluding tert-OH is 1. The average Bonchev–Trinajstić information content (AvgIpc) is 1.90. The van der Waals surface area contributed by atoms with Crippen LogP contribution in [0.5, 0.6) is 0 Å². The van der Waals surface area contributed by atoms with Crippen LogP contribution in [0.25, 0.3) is 0 Å². The molecular weight excluding hydrogens is 124 g/mol. The molecule has 1 heterocycles. The van der Waals surface area contributed by atoms with Crippen LogP contribution in [0.4, 0.5) is 0 Å². The van der Waals surface area contributed by atoms with Crippen molar-refractivity contribution in [2.24, 2.45) is 0 Å². The van der Waals surface area contributed by atoms with E-state index in [0.29, 0.717) is 13.2 Å². The maximum Gasteiger partial charge on any atom is 0.180 e. The summed E-state index contributed by atoms with van der Waals surface area (Å²) in [6.07, 6.45) is -1.97. The van der Waals surface area contributed by atoms with Gasteiger partial charge in [0.15, 0.2) is 6.29 Å². The molecule has 0 radical (unpaired) electrons. The molecule has 1 unspecified atom stereocenters. The van der Waals surface area contributed by atoms with Crippen LogP contribution in [0.3, 0.4) is 0 Å². The lowest BCUT2D eigenvalue weighted by atomic mass is 10.3. The van der Waals surface area contributed by atoms with Gasteiger partial charge in [-0.25, -0.2) is 0 Å². The molecule has 4 heteroatoms. The van der Waals surface area contributed by atoms with E-state index in [2.05, 4.69) is 0 Å². The second-order valence-corrected chi connectivity index (χ2v) is 1.90. The lowest BCUT2D eigenvalue weighted by Crippen LogP contribution is -2.38. The van der Waals surface area contributed by atoms with Gasteiger partial charge in [-0.2, -0.15) is 0 Å². The minimum Gasteiger partial charge on any atom is -0.376 e. The van der Waals surface area contributed by atoms with E-state index < -0.39 is 12.4 Å². The standard InChI is InChI=1S/C5H10O4/c6-5(7)4-3-8-1-2-9-4/h4-7H,1-3H2. The van der Waals surface area contributed by atoms with E-state index in [1.54, 1.807) is 0 Å². The molecule has 0 amide bonds. The van der Waals surface area contributed by atoms with E-state index in [0.717, 1.165) is 0 Å². The Morgan fingerprint density at radius 3 is 2.44 bits per heavy atom. The van der Waals surface area contributed by atoms with Gasteiger partial charge < -0.3 is 19.7 Å². The van der Waals surface area contributed by atoms with Crippen LogP contribution in [0.1, 0.15) is 0 Å². The summed E-state index contributed by atoms with van der Waals surface area (Å²) in [7, 11) is 0. The van der Waals surface area contributed by atoms with Gasteiger partial charge in [0.05, 0.1) is 19.8 Å². The van der Waals surface area contributed by atoms with Crippen molar-refractivity contribution in [3.05, 3.63) is 0 Å². The summed E-state index contributed by atoms with van der Waals surface area (Å²) in [6, 6.07) is 0. The second kappa shape index (κ2) is 3.12. The van der Waals surface area contributed by atoms with Crippen molar-refractivity contribution in [2.45, 2.75) is 12.4 Å². The van der Waals surface area contributed by atoms with Gasteiger partial charge in [0.25, 0.3) is 0 Å². The Bertz CT molecular complexity index is 77.0. The zero-order valence-electron chi connectivity index (χ0n) is 4.99. The summed E-state index contributed by atoms with van der Waals surface area (Å²) >= 11 is 0. The molecule has 4 nitrogen and oxygen atoms in total. The van der Waals surface area contributed by atoms with Gasteiger partial charge in [-0.15, -0.1) is 0 Å². The lowest BCUT2D eigenvalue weighted by Gasteiger charge is -2.23. The van der Waals surface area contributed by atoms with Crippen LogP contribution >= 0.6 is 0 Å². The third kappa shape index (κ3) is 1.91. The van der Waals surface area contributed by atoms with E-state index >= 15 is 0 Å². The lowest BCUT2D eigenvalue weighted by molar-refractivity contribution is -0.194. The molecule has 54 valence electrons. The van der Waals surface area contributed by atoms with Crippen LogP contribution in [-0.2, 0) is 9.47 Å². The Hall–Kier alpha value is -0.160. The molecule has 9 heavy (non-hydrogen) atoms. The van der Waals surface area contributed by atoms with Crippen LogP contribution in [-0.4, -0.2) is 42.4 Å². The summed E-state index contributed by atoms with van der Waals surface area (Å²) in [4.78, 5) is 0. The van der Waals surface area contributed by atoms with Crippen molar-refractivity contribution < 1.29 is 19.7 Å². The van der Waals surface area contributed by atoms with Crippen molar-refractivity contribution >= 4 is 0 Å². The predicted octanol–water partition coefficient (Wildman–Crippen LogP) is -1.29. The van der Waals surface area contributed by atoms with Gasteiger partial charge in [0, 0.05) is 0 Å². The van der Waals surface area contributed by atoms with Gasteiger partial charge in [-0.1, -0.05) is 0 Å². The average molecular weight is 134 g/mol. The topological polar surface area (TPSA) is 58.9 Å². The SMILES string of the molecule is OC(O)C1COCCO1. The van der Waals surface area contributed by atoms with Crippen LogP contribution in [0, 0.1) is 0 Å². The van der Waals surface area contributed by atoms with Crippen molar-refractivity contribution in [1.82, 2.24) is 0 Å². The summed E-state index contributed by atoms with van der Waals surface area (Å²) in [5.74, 6) is 0. The zero-order valence-corrected chi connectivity index (χ0v) is 4.99. The predicted molar refractivity (Wildman–Crippen MR) is 28.8 cm³/mol. The largest absolute Gasteiger partial charge is 0.376 e. The van der Waals surface area contributed by atoms with E-state index in [1.165, 1.54) is 0 Å². The molecule has 1 aliphatic heterocycles. The first-order valence-electron chi connectivity index (χ1n) is 2.86. The highest BCUT2D eigenvalue weighted by molar-refractivity contribution is 4.61. The molecule has 0 spiro atoms. The highest BCUT2D eigenvalue weighted by Crippen LogP contribution is 2.02.